The Morgan fingerprint density at radius 1 is 1.45 bits per heavy atom. The Labute approximate surface area is 133 Å². The molecule has 2 aromatic rings. The lowest BCUT2D eigenvalue weighted by atomic mass is 10.1. The van der Waals surface area contributed by atoms with Crippen LogP contribution in [0.4, 0.5) is 0 Å². The van der Waals surface area contributed by atoms with Gasteiger partial charge < -0.3 is 15.2 Å². The number of aromatic nitrogens is 2. The molecule has 1 amide bonds. The molecule has 22 heavy (non-hydrogen) atoms. The van der Waals surface area contributed by atoms with E-state index in [1.165, 1.54) is 26.2 Å². The van der Waals surface area contributed by atoms with Crippen LogP contribution in [-0.4, -0.2) is 22.6 Å². The fourth-order valence-electron chi connectivity index (χ4n) is 2.52. The van der Waals surface area contributed by atoms with Crippen LogP contribution in [0.5, 0.6) is 0 Å². The van der Waals surface area contributed by atoms with Gasteiger partial charge in [0.05, 0.1) is 17.5 Å². The lowest BCUT2D eigenvalue weighted by Crippen LogP contribution is -2.21. The lowest BCUT2D eigenvalue weighted by molar-refractivity contribution is -0.119. The van der Waals surface area contributed by atoms with Gasteiger partial charge in [0, 0.05) is 11.8 Å². The first-order chi connectivity index (χ1) is 10.7. The molecule has 0 aromatic carbocycles. The van der Waals surface area contributed by atoms with Crippen molar-refractivity contribution in [3.63, 3.8) is 0 Å². The van der Waals surface area contributed by atoms with Crippen molar-refractivity contribution in [3.05, 3.63) is 22.8 Å². The molecule has 2 aromatic heterocycles. The van der Waals surface area contributed by atoms with Gasteiger partial charge in [-0.2, -0.15) is 4.98 Å². The maximum Gasteiger partial charge on any atom is 0.268 e. The van der Waals surface area contributed by atoms with E-state index in [0.717, 1.165) is 28.5 Å². The van der Waals surface area contributed by atoms with Crippen LogP contribution in [0.25, 0.3) is 10.8 Å². The zero-order chi connectivity index (χ0) is 15.4. The molecule has 1 fully saturated rings. The molecule has 0 spiro atoms. The second-order valence-electron chi connectivity index (χ2n) is 5.49. The Kier molecular flexibility index (Phi) is 4.84. The number of nitrogens with one attached hydrogen (secondary N) is 2. The molecule has 1 aliphatic rings. The molecule has 118 valence electrons. The summed E-state index contributed by atoms with van der Waals surface area (Å²) in [5.41, 5.74) is 0. The zero-order valence-electron chi connectivity index (χ0n) is 12.6. The third-order valence-electron chi connectivity index (χ3n) is 3.70. The molecule has 1 atom stereocenters. The summed E-state index contributed by atoms with van der Waals surface area (Å²) in [6.07, 6.45) is 4.71. The van der Waals surface area contributed by atoms with E-state index in [2.05, 4.69) is 20.8 Å². The first-order valence-corrected chi connectivity index (χ1v) is 8.44. The first-order valence-electron chi connectivity index (χ1n) is 7.63. The van der Waals surface area contributed by atoms with E-state index in [-0.39, 0.29) is 11.9 Å². The van der Waals surface area contributed by atoms with Gasteiger partial charge in [0.2, 0.25) is 5.91 Å². The van der Waals surface area contributed by atoms with Crippen molar-refractivity contribution in [2.75, 3.05) is 6.54 Å². The van der Waals surface area contributed by atoms with E-state index in [0.29, 0.717) is 12.4 Å². The van der Waals surface area contributed by atoms with Crippen molar-refractivity contribution in [1.82, 2.24) is 20.8 Å². The van der Waals surface area contributed by atoms with Gasteiger partial charge >= 0.3 is 0 Å². The number of thiophene rings is 1. The normalized spacial score (nSPS) is 18.9. The van der Waals surface area contributed by atoms with Crippen molar-refractivity contribution in [3.8, 4) is 10.8 Å². The van der Waals surface area contributed by atoms with Crippen LogP contribution in [0.3, 0.4) is 0 Å². The maximum absolute atomic E-state index is 10.9. The van der Waals surface area contributed by atoms with Crippen LogP contribution in [0.1, 0.15) is 49.4 Å². The van der Waals surface area contributed by atoms with E-state index in [9.17, 15) is 4.79 Å². The molecule has 1 saturated heterocycles. The third kappa shape index (κ3) is 3.72. The molecule has 0 bridgehead atoms. The zero-order valence-corrected chi connectivity index (χ0v) is 13.4. The number of hydrogen-bond acceptors (Lipinski definition) is 6. The molecule has 3 heterocycles. The summed E-state index contributed by atoms with van der Waals surface area (Å²) in [6, 6.07) is 4.13. The number of carbonyl (C=O) groups excluding carboxylic acids is 1. The first kappa shape index (κ1) is 15.2. The maximum atomic E-state index is 10.9. The number of rotatable bonds is 4. The molecule has 0 saturated carbocycles. The molecule has 0 unspecified atom stereocenters. The number of nitrogens with zero attached hydrogens (tertiary/aromatic N) is 2. The highest BCUT2D eigenvalue weighted by atomic mass is 32.1. The van der Waals surface area contributed by atoms with Crippen LogP contribution >= 0.6 is 11.3 Å². The minimum absolute atomic E-state index is 0.0329. The Hall–Kier alpha value is -1.73. The van der Waals surface area contributed by atoms with Crippen LogP contribution in [0, 0.1) is 0 Å². The van der Waals surface area contributed by atoms with Gasteiger partial charge in [-0.25, -0.2) is 0 Å². The van der Waals surface area contributed by atoms with Gasteiger partial charge in [-0.1, -0.05) is 18.0 Å². The summed E-state index contributed by atoms with van der Waals surface area (Å²) in [7, 11) is 0. The highest BCUT2D eigenvalue weighted by Gasteiger charge is 2.20. The molecule has 6 nitrogen and oxygen atoms in total. The Morgan fingerprint density at radius 3 is 3.23 bits per heavy atom. The Bertz CT molecular complexity index is 629. The molecular weight excluding hydrogens is 300 g/mol. The third-order valence-corrected chi connectivity index (χ3v) is 4.77. The van der Waals surface area contributed by atoms with E-state index in [1.54, 1.807) is 11.3 Å². The molecule has 0 aliphatic carbocycles. The Morgan fingerprint density at radius 2 is 2.36 bits per heavy atom. The highest BCUT2D eigenvalue weighted by molar-refractivity contribution is 7.15. The van der Waals surface area contributed by atoms with E-state index >= 15 is 0 Å². The van der Waals surface area contributed by atoms with Crippen LogP contribution in [-0.2, 0) is 11.3 Å². The molecule has 3 rings (SSSR count). The van der Waals surface area contributed by atoms with Gasteiger partial charge in [-0.3, -0.25) is 4.79 Å². The van der Waals surface area contributed by atoms with Gasteiger partial charge in [-0.05, 0) is 31.5 Å². The van der Waals surface area contributed by atoms with Crippen LogP contribution < -0.4 is 10.6 Å². The molecular formula is C15H20N4O2S. The number of amides is 1. The van der Waals surface area contributed by atoms with E-state index < -0.39 is 0 Å². The van der Waals surface area contributed by atoms with Gasteiger partial charge in [0.1, 0.15) is 0 Å². The van der Waals surface area contributed by atoms with Crippen molar-refractivity contribution >= 4 is 17.2 Å². The van der Waals surface area contributed by atoms with E-state index in [4.69, 9.17) is 4.52 Å². The summed E-state index contributed by atoms with van der Waals surface area (Å²) >= 11 is 1.56. The highest BCUT2D eigenvalue weighted by Crippen LogP contribution is 2.28. The fourth-order valence-corrected chi connectivity index (χ4v) is 3.39. The summed E-state index contributed by atoms with van der Waals surface area (Å²) in [4.78, 5) is 17.5. The molecule has 2 N–H and O–H groups in total. The second-order valence-corrected chi connectivity index (χ2v) is 6.66. The van der Waals surface area contributed by atoms with Crippen molar-refractivity contribution in [1.29, 1.82) is 0 Å². The summed E-state index contributed by atoms with van der Waals surface area (Å²) < 4.78 is 5.41. The predicted molar refractivity (Wildman–Crippen MR) is 84.3 cm³/mol. The number of hydrogen-bond donors (Lipinski definition) is 2. The largest absolute Gasteiger partial charge is 0.351 e. The second kappa shape index (κ2) is 7.02. The fraction of sp³-hybridized carbons (Fsp3) is 0.533. The minimum atomic E-state index is -0.0329. The smallest absolute Gasteiger partial charge is 0.268 e. The predicted octanol–water partition coefficient (Wildman–Crippen LogP) is 2.64. The lowest BCUT2D eigenvalue weighted by Gasteiger charge is -2.09. The van der Waals surface area contributed by atoms with Gasteiger partial charge in [0.15, 0.2) is 5.82 Å². The summed E-state index contributed by atoms with van der Waals surface area (Å²) in [5.74, 6) is 1.27. The average Bonchev–Trinajstić information content (AvgIpc) is 3.08. The summed E-state index contributed by atoms with van der Waals surface area (Å²) in [5, 5.41) is 10.4. The molecule has 1 aliphatic heterocycles. The SMILES string of the molecule is CC(=O)NCc1ccc(-c2nc([C@@H]3CCCCCN3)no2)s1. The minimum Gasteiger partial charge on any atom is -0.351 e. The quantitative estimate of drug-likeness (QED) is 0.905. The standard InChI is InChI=1S/C15H20N4O2S/c1-10(20)17-9-11-6-7-13(22-11)15-18-14(19-21-15)12-5-3-2-4-8-16-12/h6-7,12,16H,2-5,8-9H2,1H3,(H,17,20)/t12-/m0/s1. The summed E-state index contributed by atoms with van der Waals surface area (Å²) in [6.45, 7) is 3.05. The monoisotopic (exact) mass is 320 g/mol. The Balaban J connectivity index is 1.69. The van der Waals surface area contributed by atoms with Gasteiger partial charge in [0.25, 0.3) is 5.89 Å². The van der Waals surface area contributed by atoms with Crippen molar-refractivity contribution in [2.45, 2.75) is 45.2 Å². The van der Waals surface area contributed by atoms with Crippen molar-refractivity contribution in [2.24, 2.45) is 0 Å². The topological polar surface area (TPSA) is 80.0 Å². The number of carbonyl (C=O) groups is 1. The van der Waals surface area contributed by atoms with E-state index in [1.807, 2.05) is 12.1 Å². The molecule has 7 heteroatoms. The van der Waals surface area contributed by atoms with Crippen LogP contribution in [0.15, 0.2) is 16.7 Å². The molecule has 0 radical (unpaired) electrons. The van der Waals surface area contributed by atoms with Gasteiger partial charge in [-0.15, -0.1) is 11.3 Å². The van der Waals surface area contributed by atoms with Crippen molar-refractivity contribution < 1.29 is 9.32 Å². The average molecular weight is 320 g/mol. The van der Waals surface area contributed by atoms with Crippen LogP contribution in [0.2, 0.25) is 0 Å².